The molecule has 2 rings (SSSR count). The van der Waals surface area contributed by atoms with Gasteiger partial charge in [0.1, 0.15) is 0 Å². The number of hydrogen-bond donors (Lipinski definition) is 2. The van der Waals surface area contributed by atoms with E-state index in [-0.39, 0.29) is 44.4 Å². The van der Waals surface area contributed by atoms with E-state index in [1.807, 2.05) is 20.8 Å². The van der Waals surface area contributed by atoms with Gasteiger partial charge < -0.3 is 30.3 Å². The smallest absolute Gasteiger partial charge is 0.0809 e. The summed E-state index contributed by atoms with van der Waals surface area (Å²) in [5.41, 5.74) is 6.69. The van der Waals surface area contributed by atoms with Crippen molar-refractivity contribution in [1.82, 2.24) is 0 Å². The Morgan fingerprint density at radius 1 is 1.12 bits per heavy atom. The van der Waals surface area contributed by atoms with Crippen molar-refractivity contribution in [1.29, 1.82) is 0 Å². The van der Waals surface area contributed by atoms with Gasteiger partial charge in [-0.3, -0.25) is 0 Å². The molecule has 3 N–H and O–H groups in total. The zero-order valence-corrected chi connectivity index (χ0v) is 18.6. The molecule has 2 aromatic carbocycles. The van der Waals surface area contributed by atoms with Crippen LogP contribution in [0, 0.1) is 14.4 Å². The van der Waals surface area contributed by atoms with E-state index in [1.165, 1.54) is 10.8 Å². The van der Waals surface area contributed by atoms with Crippen molar-refractivity contribution in [3.8, 4) is 0 Å². The maximum atomic E-state index is 7.46. The molecule has 0 bridgehead atoms. The fourth-order valence-electron chi connectivity index (χ4n) is 1.07. The van der Waals surface area contributed by atoms with Gasteiger partial charge in [-0.2, -0.15) is 17.5 Å². The van der Waals surface area contributed by atoms with Gasteiger partial charge in [-0.1, -0.05) is 33.4 Å². The minimum atomic E-state index is -0.250. The molecule has 0 heterocycles. The second kappa shape index (κ2) is 27.7. The number of nitrogens with one attached hydrogen (secondary N) is 1. The molecule has 0 amide bonds. The Hall–Kier alpha value is -0.126. The Bertz CT molecular complexity index is 396. The summed E-state index contributed by atoms with van der Waals surface area (Å²) in [7, 11) is 1.00. The summed E-state index contributed by atoms with van der Waals surface area (Å²) in [6, 6.07) is 14.7. The SMILES string of the molecule is CC(C)(C)[NH-].CO.Cl.Cl.[CH2-]CO.[CH2]=[Ti].[CH3-].c1ccc2[cH-]ccc2c1. The van der Waals surface area contributed by atoms with Crippen LogP contribution in [0.15, 0.2) is 42.5 Å². The first kappa shape index (κ1) is 39.1. The molecule has 6 heteroatoms. The third-order valence-electron chi connectivity index (χ3n) is 1.55. The van der Waals surface area contributed by atoms with Crippen LogP contribution in [0.3, 0.4) is 0 Å². The van der Waals surface area contributed by atoms with E-state index in [1.54, 1.807) is 20.0 Å². The van der Waals surface area contributed by atoms with Crippen LogP contribution in [0.25, 0.3) is 16.5 Å². The van der Waals surface area contributed by atoms with Gasteiger partial charge in [-0.15, -0.1) is 60.0 Å². The van der Waals surface area contributed by atoms with E-state index in [0.29, 0.717) is 0 Å². The second-order valence-corrected chi connectivity index (χ2v) is 4.63. The quantitative estimate of drug-likeness (QED) is 0.467. The van der Waals surface area contributed by atoms with Crippen LogP contribution in [0.5, 0.6) is 0 Å². The van der Waals surface area contributed by atoms with E-state index >= 15 is 0 Å². The van der Waals surface area contributed by atoms with Crippen LogP contribution in [-0.2, 0) is 20.0 Å². The molecular weight excluding hydrogens is 381 g/mol. The number of hydrogen-bond acceptors (Lipinski definition) is 2. The molecule has 0 aromatic heterocycles. The van der Waals surface area contributed by atoms with Gasteiger partial charge >= 0.3 is 24.8 Å². The molecule has 0 saturated carbocycles. The number of fused-ring (bicyclic) bond motifs is 1. The first-order valence-corrected chi connectivity index (χ1v) is 7.54. The van der Waals surface area contributed by atoms with Gasteiger partial charge in [0.25, 0.3) is 0 Å². The molecule has 0 fully saturated rings. The number of rotatable bonds is 0. The summed E-state index contributed by atoms with van der Waals surface area (Å²) in [5.74, 6) is 0. The Labute approximate surface area is 172 Å². The van der Waals surface area contributed by atoms with Crippen LogP contribution < -0.4 is 0 Å². The summed E-state index contributed by atoms with van der Waals surface area (Å²) in [6.45, 7) is 8.60. The topological polar surface area (TPSA) is 64.3 Å². The fraction of sp³-hybridized carbons (Fsp3) is 0.333. The molecule has 0 saturated heterocycles. The minimum absolute atomic E-state index is 0. The van der Waals surface area contributed by atoms with Gasteiger partial charge in [0.15, 0.2) is 0 Å². The first-order chi connectivity index (χ1) is 9.88. The molecule has 24 heavy (non-hydrogen) atoms. The minimum Gasteiger partial charge on any atom is -0.358 e. The average Bonchev–Trinajstić information content (AvgIpc) is 2.91. The molecule has 0 aliphatic rings. The van der Waals surface area contributed by atoms with Crippen molar-refractivity contribution in [3.63, 3.8) is 0 Å². The molecule has 0 aliphatic carbocycles. The summed E-state index contributed by atoms with van der Waals surface area (Å²) in [4.78, 5) is 3.25. The average molecular weight is 414 g/mol. The van der Waals surface area contributed by atoms with Crippen molar-refractivity contribution in [2.45, 2.75) is 26.3 Å². The van der Waals surface area contributed by atoms with Crippen molar-refractivity contribution >= 4 is 40.4 Å². The van der Waals surface area contributed by atoms with Gasteiger partial charge in [0.2, 0.25) is 0 Å². The molecule has 0 spiro atoms. The van der Waals surface area contributed by atoms with Gasteiger partial charge in [0, 0.05) is 7.11 Å². The number of halogens is 2. The van der Waals surface area contributed by atoms with E-state index in [0.717, 1.165) is 7.11 Å². The zero-order valence-electron chi connectivity index (χ0n) is 15.4. The third-order valence-corrected chi connectivity index (χ3v) is 1.55. The molecular formula is C18H33Cl2NO2Ti-4. The van der Waals surface area contributed by atoms with Crippen LogP contribution in [0.1, 0.15) is 20.8 Å². The van der Waals surface area contributed by atoms with Crippen molar-refractivity contribution < 1.29 is 30.2 Å². The molecule has 0 aliphatic heterocycles. The van der Waals surface area contributed by atoms with Crippen LogP contribution in [0.2, 0.25) is 0 Å². The largest absolute Gasteiger partial charge is 0.358 e. The number of aliphatic hydroxyl groups is 2. The van der Waals surface area contributed by atoms with Crippen LogP contribution in [0.4, 0.5) is 0 Å². The summed E-state index contributed by atoms with van der Waals surface area (Å²) in [5, 5.41) is 17.1. The van der Waals surface area contributed by atoms with Crippen molar-refractivity contribution in [2.24, 2.45) is 0 Å². The van der Waals surface area contributed by atoms with E-state index in [9.17, 15) is 0 Å². The molecule has 3 nitrogen and oxygen atoms in total. The predicted molar refractivity (Wildman–Crippen MR) is 112 cm³/mol. The van der Waals surface area contributed by atoms with Crippen LogP contribution in [-0.4, -0.2) is 34.3 Å². The third kappa shape index (κ3) is 33.5. The number of aliphatic hydroxyl groups excluding tert-OH is 2. The summed E-state index contributed by atoms with van der Waals surface area (Å²) in [6.07, 6.45) is 0. The summed E-state index contributed by atoms with van der Waals surface area (Å²) < 4.78 is 0. The standard InChI is InChI=1S/C9H7.C4H10N.C2H5O.CH4O.CH3.CH2.2ClH.Ti/c1-2-5-9-7-3-6-8(9)4-1;1-4(2,3)5;1-2-3;1-2;;;;;/h1-7H;5H,1-3H3;3H,1-2H2;2H,1H3;1H3;1H2;2*1H;/q3*-1;;-1;;;;. The normalized spacial score (nSPS) is 7.46. The van der Waals surface area contributed by atoms with Gasteiger partial charge in [-0.05, 0) is 0 Å². The molecule has 0 atom stereocenters. The Morgan fingerprint density at radius 3 is 1.79 bits per heavy atom. The van der Waals surface area contributed by atoms with E-state index < -0.39 is 0 Å². The maximum Gasteiger partial charge on any atom is -0.0809 e. The Morgan fingerprint density at radius 2 is 1.46 bits per heavy atom. The predicted octanol–water partition coefficient (Wildman–Crippen LogP) is 5.08. The fourth-order valence-corrected chi connectivity index (χ4v) is 1.07. The zero-order chi connectivity index (χ0) is 17.3. The molecule has 0 radical (unpaired) electrons. The monoisotopic (exact) mass is 413 g/mol. The van der Waals surface area contributed by atoms with Gasteiger partial charge in [0.05, 0.1) is 0 Å². The van der Waals surface area contributed by atoms with Gasteiger partial charge in [-0.25, -0.2) is 0 Å². The Kier molecular flexibility index (Phi) is 45.1. The molecule has 0 unspecified atom stereocenters. The summed E-state index contributed by atoms with van der Waals surface area (Å²) >= 11 is 1.75. The second-order valence-electron chi connectivity index (χ2n) is 4.63. The van der Waals surface area contributed by atoms with E-state index in [4.69, 9.17) is 15.9 Å². The van der Waals surface area contributed by atoms with Crippen molar-refractivity contribution in [3.05, 3.63) is 62.5 Å². The van der Waals surface area contributed by atoms with Crippen LogP contribution >= 0.6 is 24.8 Å². The number of benzene rings is 1. The van der Waals surface area contributed by atoms with E-state index in [2.05, 4.69) is 54.2 Å². The first-order valence-electron chi connectivity index (χ1n) is 6.44. The molecule has 144 valence electrons. The Balaban J connectivity index is -0.0000000479. The maximum absolute atomic E-state index is 7.46. The van der Waals surface area contributed by atoms with Crippen molar-refractivity contribution in [2.75, 3.05) is 13.7 Å². The molecule has 2 aromatic rings.